The Bertz CT molecular complexity index is 451. The van der Waals surface area contributed by atoms with E-state index in [-0.39, 0.29) is 18.3 Å². The van der Waals surface area contributed by atoms with E-state index in [0.717, 1.165) is 42.8 Å². The van der Waals surface area contributed by atoms with E-state index in [4.69, 9.17) is 10.5 Å². The van der Waals surface area contributed by atoms with Gasteiger partial charge in [0.2, 0.25) is 5.91 Å². The van der Waals surface area contributed by atoms with Crippen LogP contribution in [0.25, 0.3) is 0 Å². The van der Waals surface area contributed by atoms with Gasteiger partial charge < -0.3 is 15.4 Å². The number of nitrogens with two attached hydrogens (primary N) is 1. The molecule has 1 amide bonds. The molecule has 1 aliphatic rings. The molecule has 1 unspecified atom stereocenters. The zero-order valence-electron chi connectivity index (χ0n) is 11.4. The van der Waals surface area contributed by atoms with Crippen LogP contribution < -0.4 is 15.4 Å². The summed E-state index contributed by atoms with van der Waals surface area (Å²) in [6, 6.07) is 5.11. The summed E-state index contributed by atoms with van der Waals surface area (Å²) in [6.07, 6.45) is 3.27. The zero-order chi connectivity index (χ0) is 13.1. The molecule has 0 fully saturated rings. The van der Waals surface area contributed by atoms with Crippen LogP contribution in [0.3, 0.4) is 0 Å². The minimum Gasteiger partial charge on any atom is -0.497 e. The summed E-state index contributed by atoms with van der Waals surface area (Å²) in [4.78, 5) is 13.9. The molecule has 5 heteroatoms. The number of nitrogens with zero attached hydrogens (tertiary/aromatic N) is 1. The van der Waals surface area contributed by atoms with Gasteiger partial charge in [-0.2, -0.15) is 0 Å². The van der Waals surface area contributed by atoms with E-state index in [1.807, 2.05) is 18.2 Å². The molecule has 2 rings (SSSR count). The van der Waals surface area contributed by atoms with Crippen LogP contribution in [0.2, 0.25) is 0 Å². The van der Waals surface area contributed by atoms with Crippen molar-refractivity contribution < 1.29 is 9.53 Å². The highest BCUT2D eigenvalue weighted by Gasteiger charge is 2.34. The summed E-state index contributed by atoms with van der Waals surface area (Å²) in [6.45, 7) is 2.88. The van der Waals surface area contributed by atoms with Crippen molar-refractivity contribution in [3.63, 3.8) is 0 Å². The average molecular weight is 285 g/mol. The molecule has 0 aliphatic carbocycles. The fourth-order valence-electron chi connectivity index (χ4n) is 2.32. The molecule has 4 nitrogen and oxygen atoms in total. The Balaban J connectivity index is 0.00000180. The summed E-state index contributed by atoms with van der Waals surface area (Å²) >= 11 is 0. The van der Waals surface area contributed by atoms with E-state index in [1.165, 1.54) is 0 Å². The third-order valence-electron chi connectivity index (χ3n) is 3.38. The van der Waals surface area contributed by atoms with Crippen molar-refractivity contribution in [1.29, 1.82) is 0 Å². The molecule has 0 spiro atoms. The summed E-state index contributed by atoms with van der Waals surface area (Å²) in [7, 11) is 1.62. The first-order valence-electron chi connectivity index (χ1n) is 6.44. The Labute approximate surface area is 120 Å². The number of fused-ring (bicyclic) bond motifs is 1. The first-order valence-corrected chi connectivity index (χ1v) is 6.44. The molecule has 1 aromatic rings. The molecular weight excluding hydrogens is 264 g/mol. The largest absolute Gasteiger partial charge is 0.497 e. The number of carbonyl (C=O) groups is 1. The molecule has 2 N–H and O–H groups in total. The second kappa shape index (κ2) is 6.78. The summed E-state index contributed by atoms with van der Waals surface area (Å²) in [5.41, 5.74) is 7.75. The third-order valence-corrected chi connectivity index (χ3v) is 3.38. The molecule has 0 saturated carbocycles. The first-order chi connectivity index (χ1) is 8.69. The van der Waals surface area contributed by atoms with Crippen molar-refractivity contribution in [2.45, 2.75) is 32.2 Å². The monoisotopic (exact) mass is 284 g/mol. The minimum absolute atomic E-state index is 0. The Morgan fingerprint density at radius 2 is 2.11 bits per heavy atom. The van der Waals surface area contributed by atoms with Crippen LogP contribution in [0.1, 0.15) is 37.8 Å². The maximum atomic E-state index is 12.1. The number of ether oxygens (including phenoxy) is 1. The highest BCUT2D eigenvalue weighted by molar-refractivity contribution is 6.04. The molecule has 1 aliphatic heterocycles. The van der Waals surface area contributed by atoms with Crippen molar-refractivity contribution in [1.82, 2.24) is 0 Å². The van der Waals surface area contributed by atoms with E-state index < -0.39 is 6.04 Å². The summed E-state index contributed by atoms with van der Waals surface area (Å²) in [5, 5.41) is 0. The van der Waals surface area contributed by atoms with Gasteiger partial charge in [0.05, 0.1) is 12.8 Å². The van der Waals surface area contributed by atoms with Gasteiger partial charge in [-0.15, -0.1) is 12.4 Å². The lowest BCUT2D eigenvalue weighted by Crippen LogP contribution is -2.32. The van der Waals surface area contributed by atoms with Crippen LogP contribution >= 0.6 is 12.4 Å². The van der Waals surface area contributed by atoms with E-state index in [0.29, 0.717) is 0 Å². The van der Waals surface area contributed by atoms with Gasteiger partial charge in [-0.05, 0) is 12.5 Å². The molecule has 0 saturated heterocycles. The van der Waals surface area contributed by atoms with Crippen molar-refractivity contribution in [2.24, 2.45) is 5.73 Å². The predicted octanol–water partition coefficient (Wildman–Crippen LogP) is 2.65. The highest BCUT2D eigenvalue weighted by Crippen LogP contribution is 2.37. The second-order valence-corrected chi connectivity index (χ2v) is 4.60. The van der Waals surface area contributed by atoms with Crippen molar-refractivity contribution in [3.05, 3.63) is 23.8 Å². The van der Waals surface area contributed by atoms with Crippen LogP contribution in [0.15, 0.2) is 18.2 Å². The zero-order valence-corrected chi connectivity index (χ0v) is 12.2. The molecule has 0 radical (unpaired) electrons. The number of hydrogen-bond donors (Lipinski definition) is 1. The van der Waals surface area contributed by atoms with E-state index in [2.05, 4.69) is 6.92 Å². The number of unbranched alkanes of at least 4 members (excludes halogenated alkanes) is 2. The Kier molecular flexibility index (Phi) is 5.63. The first kappa shape index (κ1) is 15.8. The van der Waals surface area contributed by atoms with Gasteiger partial charge in [0.25, 0.3) is 0 Å². The molecule has 19 heavy (non-hydrogen) atoms. The molecule has 1 atom stereocenters. The Morgan fingerprint density at radius 1 is 1.37 bits per heavy atom. The lowest BCUT2D eigenvalue weighted by molar-refractivity contribution is -0.119. The van der Waals surface area contributed by atoms with Gasteiger partial charge in [-0.3, -0.25) is 4.79 Å². The lowest BCUT2D eigenvalue weighted by atomic mass is 10.1. The Hall–Kier alpha value is -1.26. The van der Waals surface area contributed by atoms with Gasteiger partial charge in [0.15, 0.2) is 0 Å². The van der Waals surface area contributed by atoms with Crippen LogP contribution in [-0.4, -0.2) is 19.6 Å². The smallest absolute Gasteiger partial charge is 0.248 e. The van der Waals surface area contributed by atoms with Crippen LogP contribution in [-0.2, 0) is 4.79 Å². The number of amides is 1. The van der Waals surface area contributed by atoms with Crippen LogP contribution in [0.4, 0.5) is 5.69 Å². The topological polar surface area (TPSA) is 55.6 Å². The fourth-order valence-corrected chi connectivity index (χ4v) is 2.32. The van der Waals surface area contributed by atoms with E-state index >= 15 is 0 Å². The number of carbonyl (C=O) groups excluding carboxylic acids is 1. The van der Waals surface area contributed by atoms with Gasteiger partial charge in [0, 0.05) is 18.2 Å². The molecule has 1 heterocycles. The van der Waals surface area contributed by atoms with E-state index in [1.54, 1.807) is 12.0 Å². The van der Waals surface area contributed by atoms with Crippen molar-refractivity contribution in [2.75, 3.05) is 18.6 Å². The van der Waals surface area contributed by atoms with Crippen molar-refractivity contribution in [3.8, 4) is 5.75 Å². The molecule has 0 bridgehead atoms. The van der Waals surface area contributed by atoms with Crippen LogP contribution in [0.5, 0.6) is 5.75 Å². The van der Waals surface area contributed by atoms with Gasteiger partial charge in [0.1, 0.15) is 11.8 Å². The maximum absolute atomic E-state index is 12.1. The number of rotatable bonds is 5. The maximum Gasteiger partial charge on any atom is 0.248 e. The molecule has 106 valence electrons. The fraction of sp³-hybridized carbons (Fsp3) is 0.500. The highest BCUT2D eigenvalue weighted by atomic mass is 35.5. The normalized spacial score (nSPS) is 17.1. The molecule has 1 aromatic carbocycles. The number of halogens is 1. The summed E-state index contributed by atoms with van der Waals surface area (Å²) < 4.78 is 5.21. The SMILES string of the molecule is CCCCCN1C(=O)C(N)c2ccc(OC)cc21.Cl. The van der Waals surface area contributed by atoms with Gasteiger partial charge in [-0.1, -0.05) is 25.8 Å². The van der Waals surface area contributed by atoms with Crippen molar-refractivity contribution >= 4 is 24.0 Å². The number of hydrogen-bond acceptors (Lipinski definition) is 3. The van der Waals surface area contributed by atoms with E-state index in [9.17, 15) is 4.79 Å². The average Bonchev–Trinajstić information content (AvgIpc) is 2.63. The number of anilines is 1. The standard InChI is InChI=1S/C14H20N2O2.ClH/c1-3-4-5-8-16-12-9-10(18-2)6-7-11(12)13(15)14(16)17;/h6-7,9,13H,3-5,8,15H2,1-2H3;1H. The Morgan fingerprint density at radius 3 is 2.74 bits per heavy atom. The quantitative estimate of drug-likeness (QED) is 0.846. The molecule has 0 aromatic heterocycles. The number of methoxy groups -OCH3 is 1. The summed E-state index contributed by atoms with van der Waals surface area (Å²) in [5.74, 6) is 0.755. The van der Waals surface area contributed by atoms with Crippen LogP contribution in [0, 0.1) is 0 Å². The second-order valence-electron chi connectivity index (χ2n) is 4.60. The number of benzene rings is 1. The lowest BCUT2D eigenvalue weighted by Gasteiger charge is -2.17. The predicted molar refractivity (Wildman–Crippen MR) is 79.0 cm³/mol. The molecular formula is C14H21ClN2O2. The minimum atomic E-state index is -0.521. The van der Waals surface area contributed by atoms with Gasteiger partial charge in [-0.25, -0.2) is 0 Å². The van der Waals surface area contributed by atoms with Gasteiger partial charge >= 0.3 is 0 Å². The third kappa shape index (κ3) is 3.01.